The van der Waals surface area contributed by atoms with Gasteiger partial charge in [0.15, 0.2) is 0 Å². The fourth-order valence-electron chi connectivity index (χ4n) is 1.38. The van der Waals surface area contributed by atoms with Crippen LogP contribution < -0.4 is 16.1 Å². The Hall–Kier alpha value is -1.38. The maximum atomic E-state index is 11.6. The van der Waals surface area contributed by atoms with E-state index in [9.17, 15) is 4.79 Å². The van der Waals surface area contributed by atoms with E-state index in [2.05, 4.69) is 4.98 Å². The lowest BCUT2D eigenvalue weighted by molar-refractivity contribution is 0.758. The fourth-order valence-corrected chi connectivity index (χ4v) is 1.38. The van der Waals surface area contributed by atoms with E-state index >= 15 is 0 Å². The van der Waals surface area contributed by atoms with Crippen LogP contribution in [0.2, 0.25) is 0 Å². The van der Waals surface area contributed by atoms with Gasteiger partial charge in [-0.3, -0.25) is 9.36 Å². The minimum absolute atomic E-state index is 0.0613. The van der Waals surface area contributed by atoms with Crippen molar-refractivity contribution in [3.63, 3.8) is 0 Å². The zero-order valence-electron chi connectivity index (χ0n) is 7.16. The van der Waals surface area contributed by atoms with Gasteiger partial charge in [-0.1, -0.05) is 12.2 Å². The summed E-state index contributed by atoms with van der Waals surface area (Å²) >= 11 is 0. The predicted octanol–water partition coefficient (Wildman–Crippen LogP) is -0.947. The third-order valence-corrected chi connectivity index (χ3v) is 2.21. The minimum Gasteiger partial charge on any atom is -0.300 e. The molecular formula is C9H10N2O. The molecule has 3 heteroatoms. The Morgan fingerprint density at radius 1 is 1.50 bits per heavy atom. The van der Waals surface area contributed by atoms with Crippen molar-refractivity contribution in [3.05, 3.63) is 26.7 Å². The van der Waals surface area contributed by atoms with E-state index in [4.69, 9.17) is 0 Å². The first-order valence-corrected chi connectivity index (χ1v) is 3.94. The van der Waals surface area contributed by atoms with Gasteiger partial charge < -0.3 is 0 Å². The Labute approximate surface area is 69.7 Å². The smallest absolute Gasteiger partial charge is 0.260 e. The highest BCUT2D eigenvalue weighted by atomic mass is 16.1. The van der Waals surface area contributed by atoms with Crippen molar-refractivity contribution in [1.29, 1.82) is 0 Å². The van der Waals surface area contributed by atoms with Crippen LogP contribution in [-0.4, -0.2) is 9.55 Å². The van der Waals surface area contributed by atoms with Crippen LogP contribution in [0.15, 0.2) is 4.79 Å². The summed E-state index contributed by atoms with van der Waals surface area (Å²) in [7, 11) is 1.75. The van der Waals surface area contributed by atoms with Crippen molar-refractivity contribution in [1.82, 2.24) is 9.55 Å². The first kappa shape index (κ1) is 7.28. The number of aromatic nitrogens is 2. The summed E-state index contributed by atoms with van der Waals surface area (Å²) in [6.07, 6.45) is 4.73. The van der Waals surface area contributed by atoms with Gasteiger partial charge in [0.1, 0.15) is 5.82 Å². The average Bonchev–Trinajstić information content (AvgIpc) is 2.48. The number of rotatable bonds is 0. The third kappa shape index (κ3) is 0.826. The molecule has 0 unspecified atom stereocenters. The summed E-state index contributed by atoms with van der Waals surface area (Å²) in [5.74, 6) is 0.769. The summed E-state index contributed by atoms with van der Waals surface area (Å²) < 4.78 is 1.58. The van der Waals surface area contributed by atoms with Crippen molar-refractivity contribution in [2.45, 2.75) is 13.3 Å². The molecule has 0 radical (unpaired) electrons. The number of nitrogens with zero attached hydrogens (tertiary/aromatic N) is 2. The molecular weight excluding hydrogens is 152 g/mol. The summed E-state index contributed by atoms with van der Waals surface area (Å²) in [6.45, 7) is 1.84. The second-order valence-electron chi connectivity index (χ2n) is 2.97. The van der Waals surface area contributed by atoms with Gasteiger partial charge in [-0.25, -0.2) is 4.98 Å². The highest BCUT2D eigenvalue weighted by molar-refractivity contribution is 5.43. The quantitative estimate of drug-likeness (QED) is 0.493. The molecule has 1 aliphatic carbocycles. The van der Waals surface area contributed by atoms with Crippen LogP contribution in [0.25, 0.3) is 12.2 Å². The number of hydrogen-bond donors (Lipinski definition) is 0. The molecule has 0 N–H and O–H groups in total. The van der Waals surface area contributed by atoms with Gasteiger partial charge in [-0.05, 0) is 13.3 Å². The van der Waals surface area contributed by atoms with E-state index in [1.54, 1.807) is 11.6 Å². The van der Waals surface area contributed by atoms with Crippen LogP contribution in [-0.2, 0) is 7.05 Å². The molecule has 0 saturated carbocycles. The normalized spacial score (nSPS) is 13.5. The lowest BCUT2D eigenvalue weighted by atomic mass is 10.4. The Morgan fingerprint density at radius 3 is 3.00 bits per heavy atom. The SMILES string of the molecule is Cc1nc2c(c(=O)n1C)=CCC=2. The molecule has 0 saturated heterocycles. The average molecular weight is 162 g/mol. The van der Waals surface area contributed by atoms with Gasteiger partial charge in [-0.15, -0.1) is 0 Å². The topological polar surface area (TPSA) is 34.9 Å². The predicted molar refractivity (Wildman–Crippen MR) is 47.0 cm³/mol. The summed E-state index contributed by atoms with van der Waals surface area (Å²) in [4.78, 5) is 15.8. The summed E-state index contributed by atoms with van der Waals surface area (Å²) in [6, 6.07) is 0. The maximum Gasteiger partial charge on any atom is 0.260 e. The van der Waals surface area contributed by atoms with Gasteiger partial charge in [-0.2, -0.15) is 0 Å². The van der Waals surface area contributed by atoms with Crippen molar-refractivity contribution < 1.29 is 0 Å². The Kier molecular flexibility index (Phi) is 1.40. The van der Waals surface area contributed by atoms with E-state index in [1.165, 1.54) is 0 Å². The van der Waals surface area contributed by atoms with Crippen molar-refractivity contribution >= 4 is 12.2 Å². The first-order chi connectivity index (χ1) is 5.70. The molecule has 1 aromatic heterocycles. The van der Waals surface area contributed by atoms with E-state index < -0.39 is 0 Å². The maximum absolute atomic E-state index is 11.6. The molecule has 1 heterocycles. The van der Waals surface area contributed by atoms with E-state index in [-0.39, 0.29) is 5.56 Å². The zero-order valence-corrected chi connectivity index (χ0v) is 7.16. The molecule has 0 bridgehead atoms. The monoisotopic (exact) mass is 162 g/mol. The van der Waals surface area contributed by atoms with E-state index in [0.29, 0.717) is 0 Å². The van der Waals surface area contributed by atoms with Gasteiger partial charge in [0.05, 0.1) is 10.6 Å². The number of hydrogen-bond acceptors (Lipinski definition) is 2. The standard InChI is InChI=1S/C9H10N2O/c1-6-10-8-5-3-4-7(8)9(12)11(6)2/h4-5H,3H2,1-2H3. The van der Waals surface area contributed by atoms with Crippen molar-refractivity contribution in [3.8, 4) is 0 Å². The molecule has 0 atom stereocenters. The molecule has 62 valence electrons. The molecule has 0 spiro atoms. The van der Waals surface area contributed by atoms with E-state index in [1.807, 2.05) is 19.1 Å². The second-order valence-corrected chi connectivity index (χ2v) is 2.97. The van der Waals surface area contributed by atoms with Gasteiger partial charge in [0.2, 0.25) is 0 Å². The summed E-state index contributed by atoms with van der Waals surface area (Å²) in [5.41, 5.74) is 0.0613. The van der Waals surface area contributed by atoms with Gasteiger partial charge in [0, 0.05) is 7.05 Å². The van der Waals surface area contributed by atoms with Crippen LogP contribution in [0.4, 0.5) is 0 Å². The lowest BCUT2D eigenvalue weighted by Gasteiger charge is -1.99. The molecule has 3 nitrogen and oxygen atoms in total. The number of fused-ring (bicyclic) bond motifs is 1. The second kappa shape index (κ2) is 2.30. The Morgan fingerprint density at radius 2 is 2.25 bits per heavy atom. The molecule has 0 aliphatic heterocycles. The largest absolute Gasteiger partial charge is 0.300 e. The number of aryl methyl sites for hydroxylation is 1. The Balaban J connectivity index is 3.07. The highest BCUT2D eigenvalue weighted by Gasteiger charge is 2.03. The third-order valence-electron chi connectivity index (χ3n) is 2.21. The molecule has 1 aliphatic rings. The molecule has 2 rings (SSSR count). The molecule has 12 heavy (non-hydrogen) atoms. The van der Waals surface area contributed by atoms with Crippen LogP contribution in [0.1, 0.15) is 12.2 Å². The summed E-state index contributed by atoms with van der Waals surface area (Å²) in [5, 5.41) is 1.60. The zero-order chi connectivity index (χ0) is 8.72. The molecule has 0 fully saturated rings. The molecule has 0 amide bonds. The molecule has 0 aromatic carbocycles. The lowest BCUT2D eigenvalue weighted by Crippen LogP contribution is -2.45. The minimum atomic E-state index is 0.0613. The van der Waals surface area contributed by atoms with E-state index in [0.717, 1.165) is 22.8 Å². The van der Waals surface area contributed by atoms with Crippen LogP contribution in [0.5, 0.6) is 0 Å². The first-order valence-electron chi connectivity index (χ1n) is 3.94. The highest BCUT2D eigenvalue weighted by Crippen LogP contribution is 1.86. The van der Waals surface area contributed by atoms with Crippen LogP contribution in [0.3, 0.4) is 0 Å². The van der Waals surface area contributed by atoms with Gasteiger partial charge in [0.25, 0.3) is 5.56 Å². The Bertz CT molecular complexity index is 496. The fraction of sp³-hybridized carbons (Fsp3) is 0.333. The van der Waals surface area contributed by atoms with Crippen LogP contribution >= 0.6 is 0 Å². The van der Waals surface area contributed by atoms with Crippen molar-refractivity contribution in [2.75, 3.05) is 0 Å². The van der Waals surface area contributed by atoms with Crippen LogP contribution in [0, 0.1) is 6.92 Å². The van der Waals surface area contributed by atoms with Gasteiger partial charge >= 0.3 is 0 Å². The molecule has 1 aromatic rings. The van der Waals surface area contributed by atoms with Crippen molar-refractivity contribution in [2.24, 2.45) is 7.05 Å².